The summed E-state index contributed by atoms with van der Waals surface area (Å²) in [6.45, 7) is 8.75. The average Bonchev–Trinajstić information content (AvgIpc) is 2.99. The van der Waals surface area contributed by atoms with E-state index in [-0.39, 0.29) is 30.3 Å². The Bertz CT molecular complexity index is 1480. The largest absolute Gasteiger partial charge is 0.367 e. The van der Waals surface area contributed by atoms with Crippen molar-refractivity contribution in [3.05, 3.63) is 78.1 Å². The van der Waals surface area contributed by atoms with Crippen molar-refractivity contribution in [3.63, 3.8) is 0 Å². The average molecular weight is 538 g/mol. The number of amides is 2. The molecule has 9 nitrogen and oxygen atoms in total. The van der Waals surface area contributed by atoms with Crippen LogP contribution in [0.2, 0.25) is 0 Å². The molecule has 2 atom stereocenters. The van der Waals surface area contributed by atoms with Gasteiger partial charge in [0, 0.05) is 61.1 Å². The molecule has 2 aromatic carbocycles. The number of pyridine rings is 1. The molecule has 0 spiro atoms. The van der Waals surface area contributed by atoms with Crippen LogP contribution in [-0.2, 0) is 17.8 Å². The number of carbonyl (C=O) groups is 2. The summed E-state index contributed by atoms with van der Waals surface area (Å²) in [5.41, 5.74) is 10.2. The lowest BCUT2D eigenvalue weighted by Crippen LogP contribution is -2.55. The van der Waals surface area contributed by atoms with E-state index in [1.165, 1.54) is 16.8 Å². The second-order valence-corrected chi connectivity index (χ2v) is 10.4. The van der Waals surface area contributed by atoms with Crippen LogP contribution in [0.1, 0.15) is 35.1 Å². The molecule has 0 aliphatic carbocycles. The van der Waals surface area contributed by atoms with Gasteiger partial charge < -0.3 is 25.8 Å². The van der Waals surface area contributed by atoms with Crippen LogP contribution in [0.15, 0.2) is 61.2 Å². The fraction of sp³-hybridized carbons (Fsp3) is 0.355. The summed E-state index contributed by atoms with van der Waals surface area (Å²) in [6, 6.07) is 18.3. The van der Waals surface area contributed by atoms with E-state index in [9.17, 15) is 14.9 Å². The van der Waals surface area contributed by atoms with Crippen LogP contribution >= 0.6 is 0 Å². The summed E-state index contributed by atoms with van der Waals surface area (Å²) in [5, 5.41) is 14.8. The van der Waals surface area contributed by atoms with E-state index < -0.39 is 0 Å². The minimum atomic E-state index is -0.265. The molecule has 0 radical (unpaired) electrons. The van der Waals surface area contributed by atoms with Gasteiger partial charge in [0.2, 0.25) is 5.91 Å². The Morgan fingerprint density at radius 3 is 2.75 bits per heavy atom. The van der Waals surface area contributed by atoms with E-state index >= 15 is 0 Å². The van der Waals surface area contributed by atoms with Crippen LogP contribution in [-0.4, -0.2) is 66.5 Å². The highest BCUT2D eigenvalue weighted by molar-refractivity contribution is 5.95. The lowest BCUT2D eigenvalue weighted by molar-refractivity contribution is -0.128. The zero-order valence-electron chi connectivity index (χ0n) is 22.8. The number of nitriles is 1. The van der Waals surface area contributed by atoms with Gasteiger partial charge in [-0.3, -0.25) is 9.59 Å². The van der Waals surface area contributed by atoms with Crippen LogP contribution in [0.25, 0.3) is 10.8 Å². The summed E-state index contributed by atoms with van der Waals surface area (Å²) in [7, 11) is 0. The van der Waals surface area contributed by atoms with Gasteiger partial charge in [-0.15, -0.1) is 0 Å². The molecule has 1 saturated heterocycles. The third-order valence-electron chi connectivity index (χ3n) is 7.84. The minimum absolute atomic E-state index is 0.168. The van der Waals surface area contributed by atoms with Gasteiger partial charge in [0.1, 0.15) is 5.69 Å². The number of rotatable bonds is 7. The number of hydrogen-bond donors (Lipinski definition) is 2. The lowest BCUT2D eigenvalue weighted by atomic mass is 9.98. The highest BCUT2D eigenvalue weighted by Gasteiger charge is 2.33. The van der Waals surface area contributed by atoms with Crippen LogP contribution < -0.4 is 20.9 Å². The number of nitrogens with one attached hydrogen (secondary N) is 1. The highest BCUT2D eigenvalue weighted by atomic mass is 16.2. The number of fused-ring (bicyclic) bond motifs is 2. The topological polar surface area (TPSA) is 119 Å². The van der Waals surface area contributed by atoms with Gasteiger partial charge in [-0.25, -0.2) is 4.98 Å². The first-order valence-electron chi connectivity index (χ1n) is 13.7. The molecule has 2 amide bonds. The van der Waals surface area contributed by atoms with Gasteiger partial charge >= 0.3 is 0 Å². The first kappa shape index (κ1) is 27.2. The number of hydrogen-bond acceptors (Lipinski definition) is 7. The third-order valence-corrected chi connectivity index (χ3v) is 7.84. The Kier molecular flexibility index (Phi) is 7.99. The quantitative estimate of drug-likeness (QED) is 0.445. The van der Waals surface area contributed by atoms with Crippen molar-refractivity contribution >= 4 is 34.0 Å². The van der Waals surface area contributed by atoms with Crippen LogP contribution in [0.4, 0.5) is 11.4 Å². The molecule has 206 valence electrons. The number of anilines is 2. The summed E-state index contributed by atoms with van der Waals surface area (Å²) < 4.78 is 0. The predicted octanol–water partition coefficient (Wildman–Crippen LogP) is 2.99. The molecule has 3 aromatic rings. The number of benzene rings is 2. The maximum atomic E-state index is 13.2. The molecular formula is C31H35N7O2. The molecule has 1 aromatic heterocycles. The molecule has 3 N–H and O–H groups in total. The van der Waals surface area contributed by atoms with Gasteiger partial charge in [-0.1, -0.05) is 43.0 Å². The number of nitrogens with two attached hydrogens (primary N) is 1. The SMILES string of the molecule is C=CC(=O)N1CCN(c2cc(C(=O)NC(C)CN)nc3c2CCN(c2cccc4ccccc24)C3)C[C@@H]1CC#N. The number of nitrogens with zero attached hydrogens (tertiary/aromatic N) is 5. The zero-order chi connectivity index (χ0) is 28.2. The Morgan fingerprint density at radius 1 is 1.18 bits per heavy atom. The van der Waals surface area contributed by atoms with Crippen LogP contribution in [0.5, 0.6) is 0 Å². The normalized spacial score (nSPS) is 17.6. The second-order valence-electron chi connectivity index (χ2n) is 10.4. The fourth-order valence-corrected chi connectivity index (χ4v) is 5.73. The van der Waals surface area contributed by atoms with E-state index in [0.29, 0.717) is 38.4 Å². The number of aromatic nitrogens is 1. The predicted molar refractivity (Wildman–Crippen MR) is 157 cm³/mol. The van der Waals surface area contributed by atoms with Gasteiger partial charge in [0.15, 0.2) is 0 Å². The van der Waals surface area contributed by atoms with Gasteiger partial charge in [-0.2, -0.15) is 5.26 Å². The van der Waals surface area contributed by atoms with Crippen molar-refractivity contribution < 1.29 is 9.59 Å². The van der Waals surface area contributed by atoms with E-state index in [2.05, 4.69) is 64.2 Å². The zero-order valence-corrected chi connectivity index (χ0v) is 22.8. The Labute approximate surface area is 234 Å². The van der Waals surface area contributed by atoms with E-state index in [4.69, 9.17) is 10.7 Å². The molecule has 0 saturated carbocycles. The first-order chi connectivity index (χ1) is 19.4. The molecule has 40 heavy (non-hydrogen) atoms. The van der Waals surface area contributed by atoms with Gasteiger partial charge in [0.05, 0.1) is 30.8 Å². The van der Waals surface area contributed by atoms with Crippen molar-refractivity contribution in [1.82, 2.24) is 15.2 Å². The summed E-state index contributed by atoms with van der Waals surface area (Å²) >= 11 is 0. The van der Waals surface area contributed by atoms with Crippen molar-refractivity contribution in [3.8, 4) is 6.07 Å². The molecule has 0 bridgehead atoms. The molecule has 2 aliphatic heterocycles. The molecule has 2 aliphatic rings. The molecular weight excluding hydrogens is 502 g/mol. The van der Waals surface area contributed by atoms with Gasteiger partial charge in [-0.05, 0) is 36.9 Å². The maximum Gasteiger partial charge on any atom is 0.270 e. The molecule has 1 unspecified atom stereocenters. The van der Waals surface area contributed by atoms with Crippen molar-refractivity contribution in [1.29, 1.82) is 5.26 Å². The van der Waals surface area contributed by atoms with Crippen LogP contribution in [0.3, 0.4) is 0 Å². The van der Waals surface area contributed by atoms with E-state index in [1.54, 1.807) is 4.90 Å². The lowest BCUT2D eigenvalue weighted by Gasteiger charge is -2.43. The first-order valence-corrected chi connectivity index (χ1v) is 13.7. The summed E-state index contributed by atoms with van der Waals surface area (Å²) in [4.78, 5) is 36.8. The smallest absolute Gasteiger partial charge is 0.270 e. The summed E-state index contributed by atoms with van der Waals surface area (Å²) in [5.74, 6) is -0.434. The molecule has 9 heteroatoms. The van der Waals surface area contributed by atoms with Gasteiger partial charge in [0.25, 0.3) is 5.91 Å². The Morgan fingerprint density at radius 2 is 1.98 bits per heavy atom. The molecule has 3 heterocycles. The maximum absolute atomic E-state index is 13.2. The van der Waals surface area contributed by atoms with E-state index in [0.717, 1.165) is 35.6 Å². The third kappa shape index (κ3) is 5.36. The van der Waals surface area contributed by atoms with Crippen LogP contribution in [0, 0.1) is 11.3 Å². The Balaban J connectivity index is 1.52. The van der Waals surface area contributed by atoms with Crippen molar-refractivity contribution in [2.45, 2.75) is 38.4 Å². The summed E-state index contributed by atoms with van der Waals surface area (Å²) in [6.07, 6.45) is 2.29. The van der Waals surface area contributed by atoms with Crippen molar-refractivity contribution in [2.24, 2.45) is 5.73 Å². The molecule has 1 fully saturated rings. The Hall–Kier alpha value is -4.42. The standard InChI is InChI=1S/C31H35N7O2/c1-3-30(39)38-16-15-37(19-23(38)11-13-32)29-17-26(31(40)34-21(2)18-33)35-27-20-36(14-12-25(27)29)28-10-6-8-22-7-4-5-9-24(22)28/h3-10,17,21,23H,1,11-12,14-16,18-20,33H2,2H3,(H,34,40)/t21?,23-/m0/s1. The molecule has 5 rings (SSSR count). The monoisotopic (exact) mass is 537 g/mol. The second kappa shape index (κ2) is 11.8. The number of piperazine rings is 1. The highest BCUT2D eigenvalue weighted by Crippen LogP contribution is 2.35. The van der Waals surface area contributed by atoms with E-state index in [1.807, 2.05) is 19.1 Å². The van der Waals surface area contributed by atoms with Crippen molar-refractivity contribution in [2.75, 3.05) is 42.5 Å². The number of carbonyl (C=O) groups excluding carboxylic acids is 2. The minimum Gasteiger partial charge on any atom is -0.367 e. The fourth-order valence-electron chi connectivity index (χ4n) is 5.73.